The lowest BCUT2D eigenvalue weighted by Gasteiger charge is -2.33. The normalized spacial score (nSPS) is 15.3. The molecule has 0 unspecified atom stereocenters. The lowest BCUT2D eigenvalue weighted by Crippen LogP contribution is -2.41. The van der Waals surface area contributed by atoms with Crippen LogP contribution in [-0.2, 0) is 4.74 Å². The van der Waals surface area contributed by atoms with Crippen LogP contribution in [0.5, 0.6) is 0 Å². The molecule has 1 amide bonds. The van der Waals surface area contributed by atoms with Gasteiger partial charge in [0.1, 0.15) is 17.2 Å². The molecule has 0 atom stereocenters. The fourth-order valence-electron chi connectivity index (χ4n) is 3.85. The summed E-state index contributed by atoms with van der Waals surface area (Å²) >= 11 is 0. The Labute approximate surface area is 200 Å². The highest BCUT2D eigenvalue weighted by molar-refractivity contribution is 6.29. The molecule has 1 saturated heterocycles. The summed E-state index contributed by atoms with van der Waals surface area (Å²) in [6, 6.07) is 5.85. The van der Waals surface area contributed by atoms with E-state index in [2.05, 4.69) is 9.97 Å². The van der Waals surface area contributed by atoms with Crippen LogP contribution in [0.4, 0.5) is 9.18 Å². The maximum absolute atomic E-state index is 13.4. The summed E-state index contributed by atoms with van der Waals surface area (Å²) in [5.74, 6) is 0.208. The molecule has 1 fully saturated rings. The highest BCUT2D eigenvalue weighted by atomic mass is 19.1. The quantitative estimate of drug-likeness (QED) is 0.462. The van der Waals surface area contributed by atoms with Crippen LogP contribution in [0, 0.1) is 12.7 Å². The zero-order valence-electron chi connectivity index (χ0n) is 20.8. The number of likely N-dealkylation sites (tertiary alicyclic amines) is 1. The van der Waals surface area contributed by atoms with Crippen LogP contribution in [0.1, 0.15) is 67.0 Å². The number of carbonyl (C=O) groups excluding carboxylic acids is 2. The minimum Gasteiger partial charge on any atom is -0.444 e. The molecule has 0 aliphatic carbocycles. The third-order valence-electron chi connectivity index (χ3n) is 5.54. The number of ketones is 1. The van der Waals surface area contributed by atoms with Crippen molar-refractivity contribution in [3.8, 4) is 0 Å². The summed E-state index contributed by atoms with van der Waals surface area (Å²) < 4.78 is 18.9. The van der Waals surface area contributed by atoms with Crippen molar-refractivity contribution in [2.75, 3.05) is 27.2 Å². The number of hydrogen-bond donors (Lipinski definition) is 0. The molecule has 1 aromatic carbocycles. The molecule has 182 valence electrons. The number of carbonyl (C=O) groups is 2. The predicted molar refractivity (Wildman–Crippen MR) is 129 cm³/mol. The standard InChI is InChI=1S/C26H33FN4O3/c1-17-21(23(32)22(16-30(5)6)18-7-9-20(27)10-8-18)15-28-24(29-17)19-11-13-31(14-12-19)25(33)34-26(2,3)4/h7-10,15-16,19H,11-14H2,1-6H3/b22-16+. The van der Waals surface area contributed by atoms with Gasteiger partial charge in [0.25, 0.3) is 0 Å². The SMILES string of the molecule is Cc1nc(C2CCN(C(=O)OC(C)(C)C)CC2)ncc1C(=O)/C(=C/N(C)C)c1ccc(F)cc1. The van der Waals surface area contributed by atoms with E-state index in [9.17, 15) is 14.0 Å². The number of ether oxygens (including phenoxy) is 1. The average Bonchev–Trinajstić information content (AvgIpc) is 2.76. The molecule has 34 heavy (non-hydrogen) atoms. The zero-order valence-corrected chi connectivity index (χ0v) is 20.8. The summed E-state index contributed by atoms with van der Waals surface area (Å²) in [6.45, 7) is 8.50. The molecular weight excluding hydrogens is 435 g/mol. The number of Topliss-reactive ketones (excluding diaryl/α,β-unsaturated/α-hetero) is 1. The van der Waals surface area contributed by atoms with E-state index in [-0.39, 0.29) is 23.6 Å². The van der Waals surface area contributed by atoms with Gasteiger partial charge in [-0.05, 0) is 58.2 Å². The van der Waals surface area contributed by atoms with Gasteiger partial charge in [0.05, 0.1) is 11.3 Å². The highest BCUT2D eigenvalue weighted by Crippen LogP contribution is 2.28. The molecule has 0 radical (unpaired) electrons. The number of halogens is 1. The molecule has 1 aliphatic rings. The molecule has 3 rings (SSSR count). The van der Waals surface area contributed by atoms with Crippen LogP contribution in [0.15, 0.2) is 36.7 Å². The van der Waals surface area contributed by atoms with Crippen molar-refractivity contribution in [1.29, 1.82) is 0 Å². The van der Waals surface area contributed by atoms with Gasteiger partial charge < -0.3 is 14.5 Å². The molecule has 1 aliphatic heterocycles. The number of rotatable bonds is 5. The smallest absolute Gasteiger partial charge is 0.410 e. The topological polar surface area (TPSA) is 75.6 Å². The predicted octanol–water partition coefficient (Wildman–Crippen LogP) is 4.82. The second kappa shape index (κ2) is 10.3. The molecule has 7 nitrogen and oxygen atoms in total. The molecule has 0 saturated carbocycles. The van der Waals surface area contributed by atoms with E-state index in [0.29, 0.717) is 41.3 Å². The molecule has 2 aromatic rings. The Bertz CT molecular complexity index is 1070. The minimum absolute atomic E-state index is 0.107. The number of amides is 1. The van der Waals surface area contributed by atoms with Crippen molar-refractivity contribution in [1.82, 2.24) is 19.8 Å². The lowest BCUT2D eigenvalue weighted by atomic mass is 9.94. The van der Waals surface area contributed by atoms with E-state index < -0.39 is 5.60 Å². The van der Waals surface area contributed by atoms with Crippen LogP contribution in [0.3, 0.4) is 0 Å². The van der Waals surface area contributed by atoms with Gasteiger partial charge in [-0.1, -0.05) is 12.1 Å². The van der Waals surface area contributed by atoms with Gasteiger partial charge in [0.15, 0.2) is 5.78 Å². The number of benzene rings is 1. The molecule has 0 spiro atoms. The van der Waals surface area contributed by atoms with Crippen molar-refractivity contribution in [3.05, 3.63) is 65.1 Å². The van der Waals surface area contributed by atoms with E-state index in [4.69, 9.17) is 4.74 Å². The molecule has 0 N–H and O–H groups in total. The first-order valence-electron chi connectivity index (χ1n) is 11.4. The van der Waals surface area contributed by atoms with Gasteiger partial charge in [-0.25, -0.2) is 19.2 Å². The molecule has 0 bridgehead atoms. The van der Waals surface area contributed by atoms with E-state index in [1.807, 2.05) is 34.9 Å². The largest absolute Gasteiger partial charge is 0.444 e. The number of aromatic nitrogens is 2. The van der Waals surface area contributed by atoms with Gasteiger partial charge in [0, 0.05) is 51.1 Å². The Kier molecular flexibility index (Phi) is 7.69. The molecule has 1 aromatic heterocycles. The Morgan fingerprint density at radius 3 is 2.29 bits per heavy atom. The number of piperidine rings is 1. The second-order valence-corrected chi connectivity index (χ2v) is 9.81. The number of hydrogen-bond acceptors (Lipinski definition) is 6. The first kappa shape index (κ1) is 25.3. The van der Waals surface area contributed by atoms with Crippen LogP contribution >= 0.6 is 0 Å². The Hall–Kier alpha value is -3.29. The van der Waals surface area contributed by atoms with E-state index in [0.717, 1.165) is 12.8 Å². The fraction of sp³-hybridized carbons (Fsp3) is 0.462. The summed E-state index contributed by atoms with van der Waals surface area (Å²) in [5, 5.41) is 0. The van der Waals surface area contributed by atoms with Gasteiger partial charge in [-0.3, -0.25) is 4.79 Å². The zero-order chi connectivity index (χ0) is 25.0. The van der Waals surface area contributed by atoms with Gasteiger partial charge >= 0.3 is 6.09 Å². The van der Waals surface area contributed by atoms with Crippen molar-refractivity contribution in [2.24, 2.45) is 0 Å². The van der Waals surface area contributed by atoms with Crippen molar-refractivity contribution < 1.29 is 18.7 Å². The van der Waals surface area contributed by atoms with Gasteiger partial charge in [-0.15, -0.1) is 0 Å². The van der Waals surface area contributed by atoms with Gasteiger partial charge in [-0.2, -0.15) is 0 Å². The first-order valence-corrected chi connectivity index (χ1v) is 11.4. The summed E-state index contributed by atoms with van der Waals surface area (Å²) in [4.78, 5) is 38.3. The second-order valence-electron chi connectivity index (χ2n) is 9.81. The third kappa shape index (κ3) is 6.40. The number of allylic oxidation sites excluding steroid dienone is 1. The van der Waals surface area contributed by atoms with Crippen LogP contribution in [0.2, 0.25) is 0 Å². The van der Waals surface area contributed by atoms with Gasteiger partial charge in [0.2, 0.25) is 0 Å². The maximum Gasteiger partial charge on any atom is 0.410 e. The summed E-state index contributed by atoms with van der Waals surface area (Å²) in [7, 11) is 3.65. The monoisotopic (exact) mass is 468 g/mol. The third-order valence-corrected chi connectivity index (χ3v) is 5.54. The lowest BCUT2D eigenvalue weighted by molar-refractivity contribution is 0.0203. The van der Waals surface area contributed by atoms with Crippen LogP contribution in [0.25, 0.3) is 5.57 Å². The van der Waals surface area contributed by atoms with Crippen molar-refractivity contribution in [3.63, 3.8) is 0 Å². The first-order chi connectivity index (χ1) is 15.9. The Balaban J connectivity index is 1.75. The molecular formula is C26H33FN4O3. The van der Waals surface area contributed by atoms with E-state index in [1.165, 1.54) is 12.1 Å². The molecule has 8 heteroatoms. The number of nitrogens with zero attached hydrogens (tertiary/aromatic N) is 4. The fourth-order valence-corrected chi connectivity index (χ4v) is 3.85. The van der Waals surface area contributed by atoms with Crippen molar-refractivity contribution in [2.45, 2.75) is 52.1 Å². The summed E-state index contributed by atoms with van der Waals surface area (Å²) in [6.07, 6.45) is 4.45. The van der Waals surface area contributed by atoms with E-state index >= 15 is 0 Å². The van der Waals surface area contributed by atoms with Crippen molar-refractivity contribution >= 4 is 17.4 Å². The number of aryl methyl sites for hydroxylation is 1. The Morgan fingerprint density at radius 2 is 1.76 bits per heavy atom. The maximum atomic E-state index is 13.4. The van der Waals surface area contributed by atoms with Crippen LogP contribution in [-0.4, -0.2) is 64.4 Å². The van der Waals surface area contributed by atoms with Crippen LogP contribution < -0.4 is 0 Å². The summed E-state index contributed by atoms with van der Waals surface area (Å²) in [5.41, 5.74) is 1.54. The Morgan fingerprint density at radius 1 is 1.15 bits per heavy atom. The van der Waals surface area contributed by atoms with E-state index in [1.54, 1.807) is 41.3 Å². The molecule has 2 heterocycles. The average molecular weight is 469 g/mol. The highest BCUT2D eigenvalue weighted by Gasteiger charge is 2.29. The minimum atomic E-state index is -0.523.